The van der Waals surface area contributed by atoms with Gasteiger partial charge in [-0.2, -0.15) is 0 Å². The smallest absolute Gasteiger partial charge is 0.274 e. The molecule has 0 aliphatic carbocycles. The second-order valence-electron chi connectivity index (χ2n) is 3.89. The van der Waals surface area contributed by atoms with Crippen molar-refractivity contribution in [3.8, 4) is 0 Å². The van der Waals surface area contributed by atoms with Gasteiger partial charge in [0, 0.05) is 23.4 Å². The first-order valence-electron chi connectivity index (χ1n) is 5.75. The number of hydrogen-bond donors (Lipinski definition) is 1. The molecule has 0 saturated carbocycles. The number of nitrogens with one attached hydrogen (secondary N) is 1. The number of halogens is 2. The van der Waals surface area contributed by atoms with E-state index in [1.807, 2.05) is 10.8 Å². The normalized spacial score (nSPS) is 10.5. The predicted molar refractivity (Wildman–Crippen MR) is 77.4 cm³/mol. The largest absolute Gasteiger partial charge is 0.342 e. The topological polar surface area (TPSA) is 59.8 Å². The van der Waals surface area contributed by atoms with Crippen LogP contribution in [0, 0.1) is 0 Å². The van der Waals surface area contributed by atoms with E-state index in [1.54, 1.807) is 12.1 Å². The molecule has 0 aliphatic heterocycles. The minimum absolute atomic E-state index is 0.192. The zero-order chi connectivity index (χ0) is 13.8. The molecule has 0 saturated heterocycles. The van der Waals surface area contributed by atoms with Gasteiger partial charge in [0.25, 0.3) is 5.91 Å². The van der Waals surface area contributed by atoms with Gasteiger partial charge < -0.3 is 4.57 Å². The molecule has 0 aliphatic rings. The fourth-order valence-electron chi connectivity index (χ4n) is 1.65. The van der Waals surface area contributed by atoms with E-state index in [2.05, 4.69) is 38.1 Å². The van der Waals surface area contributed by atoms with Gasteiger partial charge in [0.05, 0.1) is 0 Å². The lowest BCUT2D eigenvalue weighted by Crippen LogP contribution is -2.18. The Bertz CT molecular complexity index is 599. The van der Waals surface area contributed by atoms with E-state index >= 15 is 0 Å². The number of carbonyl (C=O) groups excluding carboxylic acids is 1. The lowest BCUT2D eigenvalue weighted by Gasteiger charge is -2.07. The molecule has 0 radical (unpaired) electrons. The van der Waals surface area contributed by atoms with E-state index in [9.17, 15) is 4.79 Å². The van der Waals surface area contributed by atoms with Gasteiger partial charge in [0.15, 0.2) is 0 Å². The van der Waals surface area contributed by atoms with Crippen LogP contribution in [0.3, 0.4) is 0 Å². The molecule has 2 aromatic rings. The molecule has 100 valence electrons. The second kappa shape index (κ2) is 6.16. The number of anilines is 1. The van der Waals surface area contributed by atoms with Gasteiger partial charge in [-0.05, 0) is 34.5 Å². The summed E-state index contributed by atoms with van der Waals surface area (Å²) in [5.74, 6) is -0.0701. The summed E-state index contributed by atoms with van der Waals surface area (Å²) in [6.07, 6.45) is 4.30. The molecule has 0 atom stereocenters. The molecule has 19 heavy (non-hydrogen) atoms. The van der Waals surface area contributed by atoms with Crippen molar-refractivity contribution in [2.45, 2.75) is 19.9 Å². The number of aromatic nitrogens is 3. The molecule has 0 fully saturated rings. The highest BCUT2D eigenvalue weighted by atomic mass is 79.9. The number of carbonyl (C=O) groups is 1. The third-order valence-corrected chi connectivity index (χ3v) is 3.05. The minimum atomic E-state index is -0.263. The average molecular weight is 344 g/mol. The highest BCUT2D eigenvalue weighted by Gasteiger charge is 2.14. The molecule has 0 aromatic carbocycles. The number of aryl methyl sites for hydroxylation is 1. The van der Waals surface area contributed by atoms with E-state index in [1.165, 1.54) is 6.20 Å². The zero-order valence-corrected chi connectivity index (χ0v) is 12.6. The summed E-state index contributed by atoms with van der Waals surface area (Å²) in [6, 6.07) is 3.31. The predicted octanol–water partition coefficient (Wildman–Crippen LogP) is 3.36. The van der Waals surface area contributed by atoms with Crippen LogP contribution in [0.5, 0.6) is 0 Å². The van der Waals surface area contributed by atoms with Crippen molar-refractivity contribution in [2.24, 2.45) is 0 Å². The molecule has 2 heterocycles. The first kappa shape index (κ1) is 14.0. The minimum Gasteiger partial charge on any atom is -0.342 e. The Balaban J connectivity index is 2.20. The van der Waals surface area contributed by atoms with Crippen LogP contribution in [0.1, 0.15) is 23.8 Å². The van der Waals surface area contributed by atoms with Crippen molar-refractivity contribution in [1.29, 1.82) is 0 Å². The van der Waals surface area contributed by atoms with Crippen molar-refractivity contribution in [1.82, 2.24) is 14.5 Å². The van der Waals surface area contributed by atoms with Gasteiger partial charge in [-0.25, -0.2) is 9.97 Å². The van der Waals surface area contributed by atoms with Gasteiger partial charge in [-0.1, -0.05) is 18.5 Å². The Kier molecular flexibility index (Phi) is 4.55. The Morgan fingerprint density at radius 2 is 2.37 bits per heavy atom. The van der Waals surface area contributed by atoms with E-state index < -0.39 is 0 Å². The molecule has 7 heteroatoms. The molecular formula is C12H12BrClN4O. The van der Waals surface area contributed by atoms with E-state index in [0.717, 1.165) is 17.4 Å². The average Bonchev–Trinajstić information content (AvgIpc) is 2.71. The van der Waals surface area contributed by atoms with Crippen LogP contribution in [0.25, 0.3) is 0 Å². The fraction of sp³-hybridized carbons (Fsp3) is 0.250. The van der Waals surface area contributed by atoms with Crippen molar-refractivity contribution in [3.63, 3.8) is 0 Å². The number of amides is 1. The molecule has 5 nitrogen and oxygen atoms in total. The summed E-state index contributed by atoms with van der Waals surface area (Å²) >= 11 is 9.11. The van der Waals surface area contributed by atoms with Crippen molar-refractivity contribution < 1.29 is 4.79 Å². The van der Waals surface area contributed by atoms with Crippen LogP contribution in [0.15, 0.2) is 29.0 Å². The molecule has 0 bridgehead atoms. The standard InChI is InChI=1S/C12H12BrClN4O/c1-2-5-18-7-8(13)6-9(18)11(19)17-12-15-4-3-10(14)16-12/h3-4,6-7H,2,5H2,1H3,(H,15,16,17,19). The first-order chi connectivity index (χ1) is 9.10. The van der Waals surface area contributed by atoms with Crippen molar-refractivity contribution >= 4 is 39.4 Å². The Hall–Kier alpha value is -1.40. The SMILES string of the molecule is CCCn1cc(Br)cc1C(=O)Nc1nccc(Cl)n1. The highest BCUT2D eigenvalue weighted by Crippen LogP contribution is 2.16. The summed E-state index contributed by atoms with van der Waals surface area (Å²) in [5, 5.41) is 2.91. The Morgan fingerprint density at radius 1 is 1.58 bits per heavy atom. The van der Waals surface area contributed by atoms with E-state index in [0.29, 0.717) is 5.69 Å². The molecule has 2 rings (SSSR count). The quantitative estimate of drug-likeness (QED) is 0.866. The van der Waals surface area contributed by atoms with E-state index in [4.69, 9.17) is 11.6 Å². The molecule has 0 unspecified atom stereocenters. The van der Waals surface area contributed by atoms with Crippen molar-refractivity contribution in [2.75, 3.05) is 5.32 Å². The van der Waals surface area contributed by atoms with Gasteiger partial charge in [0.1, 0.15) is 10.8 Å². The molecule has 1 amide bonds. The first-order valence-corrected chi connectivity index (χ1v) is 6.93. The van der Waals surface area contributed by atoms with Crippen LogP contribution in [0.4, 0.5) is 5.95 Å². The summed E-state index contributed by atoms with van der Waals surface area (Å²) in [5.41, 5.74) is 0.553. The van der Waals surface area contributed by atoms with Gasteiger partial charge >= 0.3 is 0 Å². The molecular weight excluding hydrogens is 332 g/mol. The van der Waals surface area contributed by atoms with Gasteiger partial charge in [0.2, 0.25) is 5.95 Å². The molecule has 0 spiro atoms. The highest BCUT2D eigenvalue weighted by molar-refractivity contribution is 9.10. The lowest BCUT2D eigenvalue weighted by atomic mass is 10.4. The zero-order valence-electron chi connectivity index (χ0n) is 10.2. The maximum Gasteiger partial charge on any atom is 0.274 e. The summed E-state index contributed by atoms with van der Waals surface area (Å²) < 4.78 is 2.74. The number of nitrogens with zero attached hydrogens (tertiary/aromatic N) is 3. The fourth-order valence-corrected chi connectivity index (χ4v) is 2.25. The van der Waals surface area contributed by atoms with Crippen LogP contribution < -0.4 is 5.32 Å². The monoisotopic (exact) mass is 342 g/mol. The van der Waals surface area contributed by atoms with Gasteiger partial charge in [-0.3, -0.25) is 10.1 Å². The molecule has 1 N–H and O–H groups in total. The van der Waals surface area contributed by atoms with Gasteiger partial charge in [-0.15, -0.1) is 0 Å². The second-order valence-corrected chi connectivity index (χ2v) is 5.20. The maximum atomic E-state index is 12.2. The van der Waals surface area contributed by atoms with Crippen LogP contribution >= 0.6 is 27.5 Å². The number of hydrogen-bond acceptors (Lipinski definition) is 3. The third-order valence-electron chi connectivity index (χ3n) is 2.41. The third kappa shape index (κ3) is 3.54. The Morgan fingerprint density at radius 3 is 3.05 bits per heavy atom. The van der Waals surface area contributed by atoms with Crippen molar-refractivity contribution in [3.05, 3.63) is 39.8 Å². The molecule has 2 aromatic heterocycles. The summed E-state index contributed by atoms with van der Waals surface area (Å²) in [7, 11) is 0. The lowest BCUT2D eigenvalue weighted by molar-refractivity contribution is 0.101. The van der Waals surface area contributed by atoms with E-state index in [-0.39, 0.29) is 17.0 Å². The Labute approximate surface area is 124 Å². The maximum absolute atomic E-state index is 12.2. The summed E-state index contributed by atoms with van der Waals surface area (Å²) in [6.45, 7) is 2.82. The number of rotatable bonds is 4. The van der Waals surface area contributed by atoms with Crippen LogP contribution in [-0.2, 0) is 6.54 Å². The summed E-state index contributed by atoms with van der Waals surface area (Å²) in [4.78, 5) is 20.0. The van der Waals surface area contributed by atoms with Crippen LogP contribution in [-0.4, -0.2) is 20.4 Å². The van der Waals surface area contributed by atoms with Crippen LogP contribution in [0.2, 0.25) is 5.15 Å².